The van der Waals surface area contributed by atoms with Crippen LogP contribution in [0.1, 0.15) is 162 Å². The third-order valence-electron chi connectivity index (χ3n) is 8.47. The van der Waals surface area contributed by atoms with Gasteiger partial charge in [0.2, 0.25) is 0 Å². The molecule has 0 saturated heterocycles. The van der Waals surface area contributed by atoms with Gasteiger partial charge in [-0.1, -0.05) is 122 Å². The number of carbonyl (C=O) groups excluding carboxylic acids is 1. The van der Waals surface area contributed by atoms with E-state index >= 15 is 0 Å². The summed E-state index contributed by atoms with van der Waals surface area (Å²) in [4.78, 5) is 13.9. The molecule has 3 unspecified atom stereocenters. The Kier molecular flexibility index (Phi) is 21.9. The van der Waals surface area contributed by atoms with Gasteiger partial charge in [-0.15, -0.1) is 0 Å². The predicted octanol–water partition coefficient (Wildman–Crippen LogP) is 9.97. The maximum Gasteiger partial charge on any atom is 0.305 e. The average molecular weight is 508 g/mol. The molecule has 36 heavy (non-hydrogen) atoms. The van der Waals surface area contributed by atoms with Crippen molar-refractivity contribution in [2.24, 2.45) is 17.8 Å². The molecule has 1 rings (SSSR count). The molecule has 1 saturated carbocycles. The standard InChI is InChI=1S/C33H65NO2/c1-5-7-8-9-10-11-12-13-14-15-16-17-18-19-20-21-22-24-30(27-28-34(3)4)32-29-31(32)25-23-26-33(35)36-6-2/h30-32H,5-29H2,1-4H3. The van der Waals surface area contributed by atoms with Crippen molar-refractivity contribution in [3.63, 3.8) is 0 Å². The second-order valence-electron chi connectivity index (χ2n) is 12.2. The molecule has 214 valence electrons. The normalized spacial score (nSPS) is 18.0. The number of hydrogen-bond donors (Lipinski definition) is 0. The van der Waals surface area contributed by atoms with Crippen molar-refractivity contribution in [3.05, 3.63) is 0 Å². The molecule has 3 atom stereocenters. The van der Waals surface area contributed by atoms with Gasteiger partial charge in [0.15, 0.2) is 0 Å². The van der Waals surface area contributed by atoms with Crippen molar-refractivity contribution in [1.29, 1.82) is 0 Å². The molecule has 3 nitrogen and oxygen atoms in total. The summed E-state index contributed by atoms with van der Waals surface area (Å²) >= 11 is 0. The summed E-state index contributed by atoms with van der Waals surface area (Å²) in [6, 6.07) is 0. The van der Waals surface area contributed by atoms with Crippen molar-refractivity contribution in [2.45, 2.75) is 162 Å². The van der Waals surface area contributed by atoms with Crippen molar-refractivity contribution in [1.82, 2.24) is 4.90 Å². The molecular weight excluding hydrogens is 442 g/mol. The Morgan fingerprint density at radius 2 is 1.22 bits per heavy atom. The van der Waals surface area contributed by atoms with Gasteiger partial charge in [-0.2, -0.15) is 0 Å². The van der Waals surface area contributed by atoms with Crippen LogP contribution in [0.3, 0.4) is 0 Å². The first-order valence-electron chi connectivity index (χ1n) is 16.4. The Morgan fingerprint density at radius 3 is 1.69 bits per heavy atom. The third-order valence-corrected chi connectivity index (χ3v) is 8.47. The predicted molar refractivity (Wildman–Crippen MR) is 158 cm³/mol. The second kappa shape index (κ2) is 23.5. The first kappa shape index (κ1) is 33.5. The van der Waals surface area contributed by atoms with E-state index in [1.807, 2.05) is 6.92 Å². The minimum atomic E-state index is -0.0117. The van der Waals surface area contributed by atoms with Gasteiger partial charge >= 0.3 is 5.97 Å². The van der Waals surface area contributed by atoms with Gasteiger partial charge in [0.25, 0.3) is 0 Å². The monoisotopic (exact) mass is 508 g/mol. The van der Waals surface area contributed by atoms with E-state index < -0.39 is 0 Å². The molecule has 0 amide bonds. The van der Waals surface area contributed by atoms with Crippen molar-refractivity contribution >= 4 is 5.97 Å². The van der Waals surface area contributed by atoms with Crippen molar-refractivity contribution < 1.29 is 9.53 Å². The zero-order valence-corrected chi connectivity index (χ0v) is 25.2. The van der Waals surface area contributed by atoms with Crippen LogP contribution in [-0.2, 0) is 9.53 Å². The summed E-state index contributed by atoms with van der Waals surface area (Å²) in [6.45, 7) is 5.92. The molecule has 0 spiro atoms. The number of esters is 1. The van der Waals surface area contributed by atoms with E-state index in [-0.39, 0.29) is 5.97 Å². The van der Waals surface area contributed by atoms with Crippen LogP contribution in [-0.4, -0.2) is 38.1 Å². The summed E-state index contributed by atoms with van der Waals surface area (Å²) in [5, 5.41) is 0. The maximum atomic E-state index is 11.6. The van der Waals surface area contributed by atoms with E-state index in [2.05, 4.69) is 25.9 Å². The Morgan fingerprint density at radius 1 is 0.722 bits per heavy atom. The summed E-state index contributed by atoms with van der Waals surface area (Å²) < 4.78 is 5.08. The summed E-state index contributed by atoms with van der Waals surface area (Å²) in [5.41, 5.74) is 0. The number of ether oxygens (including phenoxy) is 1. The zero-order chi connectivity index (χ0) is 26.3. The minimum absolute atomic E-state index is 0.0117. The van der Waals surface area contributed by atoms with Crippen LogP contribution in [0.15, 0.2) is 0 Å². The Labute approximate surface area is 226 Å². The first-order chi connectivity index (χ1) is 17.6. The van der Waals surface area contributed by atoms with Gasteiger partial charge in [0.1, 0.15) is 0 Å². The number of hydrogen-bond acceptors (Lipinski definition) is 3. The summed E-state index contributed by atoms with van der Waals surface area (Å²) in [6.07, 6.45) is 31.6. The molecular formula is C33H65NO2. The Hall–Kier alpha value is -0.570. The minimum Gasteiger partial charge on any atom is -0.466 e. The lowest BCUT2D eigenvalue weighted by Gasteiger charge is -2.20. The summed E-state index contributed by atoms with van der Waals surface area (Å²) in [7, 11) is 4.41. The van der Waals surface area contributed by atoms with Gasteiger partial charge in [0, 0.05) is 6.42 Å². The quantitative estimate of drug-likeness (QED) is 0.0818. The zero-order valence-electron chi connectivity index (χ0n) is 25.2. The highest BCUT2D eigenvalue weighted by molar-refractivity contribution is 5.69. The van der Waals surface area contributed by atoms with Crippen LogP contribution in [0, 0.1) is 17.8 Å². The van der Waals surface area contributed by atoms with Gasteiger partial charge in [-0.3, -0.25) is 4.79 Å². The third kappa shape index (κ3) is 19.5. The average Bonchev–Trinajstić information content (AvgIpc) is 3.62. The molecule has 3 heteroatoms. The lowest BCUT2D eigenvalue weighted by molar-refractivity contribution is -0.143. The van der Waals surface area contributed by atoms with Gasteiger partial charge in [-0.25, -0.2) is 0 Å². The largest absolute Gasteiger partial charge is 0.466 e. The highest BCUT2D eigenvalue weighted by Crippen LogP contribution is 2.50. The van der Waals surface area contributed by atoms with Gasteiger partial charge in [0.05, 0.1) is 6.61 Å². The van der Waals surface area contributed by atoms with E-state index in [1.165, 1.54) is 141 Å². The first-order valence-corrected chi connectivity index (χ1v) is 16.4. The molecule has 0 heterocycles. The fourth-order valence-electron chi connectivity index (χ4n) is 6.05. The second-order valence-corrected chi connectivity index (χ2v) is 12.2. The van der Waals surface area contributed by atoms with Crippen LogP contribution < -0.4 is 0 Å². The fourth-order valence-corrected chi connectivity index (χ4v) is 6.05. The number of carbonyl (C=O) groups is 1. The van der Waals surface area contributed by atoms with Gasteiger partial charge in [-0.05, 0) is 71.0 Å². The molecule has 0 radical (unpaired) electrons. The smallest absolute Gasteiger partial charge is 0.305 e. The number of nitrogens with zero attached hydrogens (tertiary/aromatic N) is 1. The van der Waals surface area contributed by atoms with Crippen LogP contribution in [0.5, 0.6) is 0 Å². The molecule has 0 aliphatic heterocycles. The lowest BCUT2D eigenvalue weighted by atomic mass is 9.90. The molecule has 1 aliphatic rings. The molecule has 1 fully saturated rings. The van der Waals surface area contributed by atoms with Crippen molar-refractivity contribution in [2.75, 3.05) is 27.2 Å². The topological polar surface area (TPSA) is 29.5 Å². The van der Waals surface area contributed by atoms with Crippen LogP contribution in [0.2, 0.25) is 0 Å². The number of rotatable bonds is 27. The van der Waals surface area contributed by atoms with Crippen LogP contribution >= 0.6 is 0 Å². The molecule has 1 aliphatic carbocycles. The van der Waals surface area contributed by atoms with E-state index in [0.29, 0.717) is 13.0 Å². The van der Waals surface area contributed by atoms with E-state index in [4.69, 9.17) is 4.74 Å². The highest BCUT2D eigenvalue weighted by atomic mass is 16.5. The van der Waals surface area contributed by atoms with E-state index in [0.717, 1.165) is 24.2 Å². The Bertz CT molecular complexity index is 492. The summed E-state index contributed by atoms with van der Waals surface area (Å²) in [5.74, 6) is 2.68. The highest BCUT2D eigenvalue weighted by Gasteiger charge is 2.41. The van der Waals surface area contributed by atoms with Gasteiger partial charge < -0.3 is 9.64 Å². The SMILES string of the molecule is CCCCCCCCCCCCCCCCCCCC(CCN(C)C)C1CC1CCCC(=O)OCC. The van der Waals surface area contributed by atoms with Crippen molar-refractivity contribution in [3.8, 4) is 0 Å². The molecule has 0 aromatic rings. The fraction of sp³-hybridized carbons (Fsp3) is 0.970. The molecule has 0 N–H and O–H groups in total. The molecule has 0 bridgehead atoms. The number of unbranched alkanes of at least 4 members (excludes halogenated alkanes) is 16. The van der Waals surface area contributed by atoms with E-state index in [9.17, 15) is 4.79 Å². The van der Waals surface area contributed by atoms with E-state index in [1.54, 1.807) is 0 Å². The molecule has 0 aromatic carbocycles. The lowest BCUT2D eigenvalue weighted by Crippen LogP contribution is -2.18. The maximum absolute atomic E-state index is 11.6. The molecule has 0 aromatic heterocycles. The van der Waals surface area contributed by atoms with Crippen LogP contribution in [0.4, 0.5) is 0 Å². The van der Waals surface area contributed by atoms with Crippen LogP contribution in [0.25, 0.3) is 0 Å². The Balaban J connectivity index is 1.97.